The van der Waals surface area contributed by atoms with Crippen LogP contribution >= 0.6 is 22.6 Å². The number of rotatable bonds is 1. The summed E-state index contributed by atoms with van der Waals surface area (Å²) in [4.78, 5) is 10.9. The van der Waals surface area contributed by atoms with Crippen LogP contribution in [0.5, 0.6) is 0 Å². The van der Waals surface area contributed by atoms with E-state index in [0.29, 0.717) is 6.42 Å². The number of cyclic esters (lactones) is 1. The van der Waals surface area contributed by atoms with E-state index in [1.54, 1.807) is 0 Å². The largest absolute Gasteiger partial charge is 0.457 e. The van der Waals surface area contributed by atoms with Gasteiger partial charge in [0.15, 0.2) is 0 Å². The summed E-state index contributed by atoms with van der Waals surface area (Å²) in [6.45, 7) is 0. The molecule has 1 aromatic rings. The fourth-order valence-electron chi connectivity index (χ4n) is 1.47. The quantitative estimate of drug-likeness (QED) is 0.586. The van der Waals surface area contributed by atoms with Crippen molar-refractivity contribution in [2.24, 2.45) is 0 Å². The van der Waals surface area contributed by atoms with E-state index in [0.717, 1.165) is 12.0 Å². The third kappa shape index (κ3) is 2.02. The molecule has 1 heterocycles. The predicted molar refractivity (Wildman–Crippen MR) is 57.2 cm³/mol. The normalized spacial score (nSPS) is 21.6. The van der Waals surface area contributed by atoms with Crippen LogP contribution in [0.15, 0.2) is 24.3 Å². The zero-order valence-corrected chi connectivity index (χ0v) is 9.15. The van der Waals surface area contributed by atoms with Crippen molar-refractivity contribution in [1.29, 1.82) is 0 Å². The Morgan fingerprint density at radius 2 is 2.31 bits per heavy atom. The summed E-state index contributed by atoms with van der Waals surface area (Å²) in [5.41, 5.74) is 1.11. The van der Waals surface area contributed by atoms with Crippen molar-refractivity contribution in [1.82, 2.24) is 0 Å². The zero-order chi connectivity index (χ0) is 9.26. The van der Waals surface area contributed by atoms with Crippen LogP contribution in [0.2, 0.25) is 0 Å². The lowest BCUT2D eigenvalue weighted by molar-refractivity contribution is -0.141. The van der Waals surface area contributed by atoms with E-state index in [9.17, 15) is 4.79 Å². The van der Waals surface area contributed by atoms with E-state index in [4.69, 9.17) is 4.74 Å². The van der Waals surface area contributed by atoms with Crippen LogP contribution in [0.1, 0.15) is 24.5 Å². The molecule has 68 valence electrons. The highest BCUT2D eigenvalue weighted by atomic mass is 127. The van der Waals surface area contributed by atoms with Gasteiger partial charge in [-0.15, -0.1) is 0 Å². The lowest BCUT2D eigenvalue weighted by Crippen LogP contribution is -1.98. The van der Waals surface area contributed by atoms with E-state index in [-0.39, 0.29) is 12.1 Å². The minimum atomic E-state index is -0.0798. The average molecular weight is 288 g/mol. The van der Waals surface area contributed by atoms with Crippen LogP contribution in [-0.4, -0.2) is 5.97 Å². The molecule has 0 aromatic heterocycles. The first-order chi connectivity index (χ1) is 6.25. The van der Waals surface area contributed by atoms with Gasteiger partial charge in [0.25, 0.3) is 0 Å². The fourth-order valence-corrected chi connectivity index (χ4v) is 2.03. The Labute approximate surface area is 90.4 Å². The van der Waals surface area contributed by atoms with Gasteiger partial charge in [-0.3, -0.25) is 4.79 Å². The topological polar surface area (TPSA) is 26.3 Å². The molecular formula is C10H9IO2. The first-order valence-electron chi connectivity index (χ1n) is 4.20. The molecule has 1 unspecified atom stereocenters. The summed E-state index contributed by atoms with van der Waals surface area (Å²) in [5.74, 6) is -0.0798. The summed E-state index contributed by atoms with van der Waals surface area (Å²) in [6, 6.07) is 8.08. The molecule has 1 aromatic carbocycles. The van der Waals surface area contributed by atoms with Gasteiger partial charge in [0.1, 0.15) is 6.10 Å². The Bertz CT molecular complexity index is 335. The van der Waals surface area contributed by atoms with E-state index in [1.165, 1.54) is 3.57 Å². The van der Waals surface area contributed by atoms with Gasteiger partial charge in [-0.05, 0) is 46.7 Å². The highest BCUT2D eigenvalue weighted by Crippen LogP contribution is 2.29. The second kappa shape index (κ2) is 3.65. The fraction of sp³-hybridized carbons (Fsp3) is 0.300. The monoisotopic (exact) mass is 288 g/mol. The molecular weight excluding hydrogens is 279 g/mol. The highest BCUT2D eigenvalue weighted by Gasteiger charge is 2.24. The highest BCUT2D eigenvalue weighted by molar-refractivity contribution is 14.1. The number of benzene rings is 1. The van der Waals surface area contributed by atoms with Crippen LogP contribution in [0.3, 0.4) is 0 Å². The van der Waals surface area contributed by atoms with Gasteiger partial charge in [-0.25, -0.2) is 0 Å². The zero-order valence-electron chi connectivity index (χ0n) is 7.00. The van der Waals surface area contributed by atoms with Crippen molar-refractivity contribution in [3.05, 3.63) is 33.4 Å². The van der Waals surface area contributed by atoms with Crippen molar-refractivity contribution in [2.75, 3.05) is 0 Å². The van der Waals surface area contributed by atoms with Crippen molar-refractivity contribution in [3.63, 3.8) is 0 Å². The van der Waals surface area contributed by atoms with E-state index in [2.05, 4.69) is 28.7 Å². The number of hydrogen-bond acceptors (Lipinski definition) is 2. The molecule has 1 atom stereocenters. The van der Waals surface area contributed by atoms with Crippen LogP contribution in [0.4, 0.5) is 0 Å². The molecule has 0 N–H and O–H groups in total. The third-order valence-electron chi connectivity index (χ3n) is 2.10. The van der Waals surface area contributed by atoms with Gasteiger partial charge < -0.3 is 4.74 Å². The molecule has 13 heavy (non-hydrogen) atoms. The van der Waals surface area contributed by atoms with Gasteiger partial charge in [0.05, 0.1) is 0 Å². The first kappa shape index (κ1) is 8.99. The second-order valence-corrected chi connectivity index (χ2v) is 4.32. The molecule has 2 nitrogen and oxygen atoms in total. The average Bonchev–Trinajstić information content (AvgIpc) is 2.52. The molecule has 1 saturated heterocycles. The van der Waals surface area contributed by atoms with Gasteiger partial charge in [0, 0.05) is 9.99 Å². The summed E-state index contributed by atoms with van der Waals surface area (Å²) in [7, 11) is 0. The summed E-state index contributed by atoms with van der Waals surface area (Å²) < 4.78 is 6.34. The maximum atomic E-state index is 10.9. The number of halogens is 1. The molecule has 2 rings (SSSR count). The minimum Gasteiger partial charge on any atom is -0.457 e. The minimum absolute atomic E-state index is 0.0118. The lowest BCUT2D eigenvalue weighted by Gasteiger charge is -2.08. The summed E-state index contributed by atoms with van der Waals surface area (Å²) in [5, 5.41) is 0. The van der Waals surface area contributed by atoms with Crippen LogP contribution in [-0.2, 0) is 9.53 Å². The Hall–Kier alpha value is -0.580. The van der Waals surface area contributed by atoms with Crippen LogP contribution in [0, 0.1) is 3.57 Å². The van der Waals surface area contributed by atoms with Crippen molar-refractivity contribution < 1.29 is 9.53 Å². The molecule has 3 heteroatoms. The Morgan fingerprint density at radius 1 is 1.46 bits per heavy atom. The second-order valence-electron chi connectivity index (χ2n) is 3.07. The Balaban J connectivity index is 2.21. The lowest BCUT2D eigenvalue weighted by atomic mass is 10.1. The molecule has 1 aliphatic heterocycles. The van der Waals surface area contributed by atoms with Crippen molar-refractivity contribution in [2.45, 2.75) is 18.9 Å². The first-order valence-corrected chi connectivity index (χ1v) is 5.28. The number of ether oxygens (including phenoxy) is 1. The number of hydrogen-bond donors (Lipinski definition) is 0. The molecule has 0 saturated carbocycles. The van der Waals surface area contributed by atoms with Gasteiger partial charge in [0.2, 0.25) is 0 Å². The van der Waals surface area contributed by atoms with E-state index >= 15 is 0 Å². The molecule has 1 fully saturated rings. The van der Waals surface area contributed by atoms with Gasteiger partial charge in [-0.2, -0.15) is 0 Å². The molecule has 0 radical (unpaired) electrons. The molecule has 0 spiro atoms. The van der Waals surface area contributed by atoms with E-state index in [1.807, 2.05) is 18.2 Å². The molecule has 0 aliphatic carbocycles. The maximum absolute atomic E-state index is 10.9. The Morgan fingerprint density at radius 3 is 2.92 bits per heavy atom. The SMILES string of the molecule is O=C1CCC(c2cccc(I)c2)O1. The van der Waals surface area contributed by atoms with E-state index < -0.39 is 0 Å². The number of carbonyl (C=O) groups is 1. The van der Waals surface area contributed by atoms with Crippen LogP contribution < -0.4 is 0 Å². The molecule has 1 aliphatic rings. The number of esters is 1. The molecule has 0 amide bonds. The smallest absolute Gasteiger partial charge is 0.306 e. The number of carbonyl (C=O) groups excluding carboxylic acids is 1. The predicted octanol–water partition coefficient (Wildman–Crippen LogP) is 2.67. The molecule has 0 bridgehead atoms. The van der Waals surface area contributed by atoms with Gasteiger partial charge in [-0.1, -0.05) is 12.1 Å². The summed E-state index contributed by atoms with van der Waals surface area (Å²) >= 11 is 2.26. The van der Waals surface area contributed by atoms with Gasteiger partial charge >= 0.3 is 5.97 Å². The van der Waals surface area contributed by atoms with Crippen molar-refractivity contribution in [3.8, 4) is 0 Å². The van der Waals surface area contributed by atoms with Crippen LogP contribution in [0.25, 0.3) is 0 Å². The summed E-state index contributed by atoms with van der Waals surface area (Å²) in [6.07, 6.45) is 1.36. The third-order valence-corrected chi connectivity index (χ3v) is 2.78. The Kier molecular flexibility index (Phi) is 2.53. The standard InChI is InChI=1S/C10H9IO2/c11-8-3-1-2-7(6-8)9-4-5-10(12)13-9/h1-3,6,9H,4-5H2. The van der Waals surface area contributed by atoms with Crippen molar-refractivity contribution >= 4 is 28.6 Å². The maximum Gasteiger partial charge on any atom is 0.306 e.